The van der Waals surface area contributed by atoms with Crippen LogP contribution in [0.5, 0.6) is 0 Å². The number of thiophene rings is 1. The minimum absolute atomic E-state index is 0.0239. The molecule has 0 aromatic carbocycles. The van der Waals surface area contributed by atoms with Crippen molar-refractivity contribution in [2.75, 3.05) is 13.2 Å². The van der Waals surface area contributed by atoms with Gasteiger partial charge in [-0.15, -0.1) is 0 Å². The highest BCUT2D eigenvalue weighted by atomic mass is 32.1. The first-order valence-electron chi connectivity index (χ1n) is 4.88. The van der Waals surface area contributed by atoms with E-state index >= 15 is 0 Å². The number of nitrogens with one attached hydrogen (secondary N) is 1. The van der Waals surface area contributed by atoms with E-state index in [9.17, 15) is 0 Å². The maximum atomic E-state index is 9.07. The molecule has 0 fully saturated rings. The molecule has 0 amide bonds. The minimum atomic E-state index is -0.0239. The van der Waals surface area contributed by atoms with Gasteiger partial charge in [-0.2, -0.15) is 11.3 Å². The normalized spacial score (nSPS) is 12.0. The summed E-state index contributed by atoms with van der Waals surface area (Å²) in [5.41, 5.74) is 2.69. The molecule has 1 heterocycles. The van der Waals surface area contributed by atoms with Gasteiger partial charge in [-0.1, -0.05) is 13.8 Å². The van der Waals surface area contributed by atoms with Crippen LogP contribution in [0.25, 0.3) is 0 Å². The predicted octanol–water partition coefficient (Wildman–Crippen LogP) is 2.16. The summed E-state index contributed by atoms with van der Waals surface area (Å²) in [4.78, 5) is 0. The standard InChI is InChI=1S/C11H19NOS/c1-9-5-14-6-10(9)4-12-7-11(2,3)8-13/h5-6,12-13H,4,7-8H2,1-3H3. The molecule has 2 N–H and O–H groups in total. The molecule has 0 aliphatic carbocycles. The lowest BCUT2D eigenvalue weighted by atomic mass is 9.95. The van der Waals surface area contributed by atoms with E-state index in [4.69, 9.17) is 5.11 Å². The van der Waals surface area contributed by atoms with E-state index in [1.165, 1.54) is 11.1 Å². The Morgan fingerprint density at radius 1 is 1.43 bits per heavy atom. The van der Waals surface area contributed by atoms with Crippen molar-refractivity contribution in [2.24, 2.45) is 5.41 Å². The minimum Gasteiger partial charge on any atom is -0.396 e. The fourth-order valence-corrected chi connectivity index (χ4v) is 2.02. The van der Waals surface area contributed by atoms with Crippen molar-refractivity contribution in [2.45, 2.75) is 27.3 Å². The van der Waals surface area contributed by atoms with Crippen molar-refractivity contribution >= 4 is 11.3 Å². The van der Waals surface area contributed by atoms with Gasteiger partial charge in [0.1, 0.15) is 0 Å². The van der Waals surface area contributed by atoms with Gasteiger partial charge >= 0.3 is 0 Å². The first kappa shape index (κ1) is 11.7. The quantitative estimate of drug-likeness (QED) is 0.785. The molecule has 1 rings (SSSR count). The topological polar surface area (TPSA) is 32.3 Å². The van der Waals surface area contributed by atoms with Crippen molar-refractivity contribution in [3.63, 3.8) is 0 Å². The molecule has 0 bridgehead atoms. The largest absolute Gasteiger partial charge is 0.396 e. The third-order valence-corrected chi connectivity index (χ3v) is 3.22. The van der Waals surface area contributed by atoms with Gasteiger partial charge in [0, 0.05) is 25.1 Å². The van der Waals surface area contributed by atoms with E-state index in [-0.39, 0.29) is 12.0 Å². The number of hydrogen-bond donors (Lipinski definition) is 2. The Morgan fingerprint density at radius 3 is 2.64 bits per heavy atom. The smallest absolute Gasteiger partial charge is 0.0494 e. The van der Waals surface area contributed by atoms with E-state index in [1.807, 2.05) is 0 Å². The Hall–Kier alpha value is -0.380. The maximum absolute atomic E-state index is 9.07. The summed E-state index contributed by atoms with van der Waals surface area (Å²) < 4.78 is 0. The Morgan fingerprint density at radius 2 is 2.14 bits per heavy atom. The summed E-state index contributed by atoms with van der Waals surface area (Å²) in [7, 11) is 0. The maximum Gasteiger partial charge on any atom is 0.0494 e. The van der Waals surface area contributed by atoms with Crippen molar-refractivity contribution in [1.82, 2.24) is 5.32 Å². The second kappa shape index (κ2) is 4.91. The molecular formula is C11H19NOS. The third kappa shape index (κ3) is 3.40. The molecule has 0 unspecified atom stereocenters. The number of rotatable bonds is 5. The van der Waals surface area contributed by atoms with Gasteiger partial charge in [-0.3, -0.25) is 0 Å². The summed E-state index contributed by atoms with van der Waals surface area (Å²) in [6.45, 7) is 8.21. The van der Waals surface area contributed by atoms with Gasteiger partial charge in [0.25, 0.3) is 0 Å². The summed E-state index contributed by atoms with van der Waals surface area (Å²) in [6, 6.07) is 0. The molecule has 80 valence electrons. The van der Waals surface area contributed by atoms with Gasteiger partial charge in [-0.25, -0.2) is 0 Å². The highest BCUT2D eigenvalue weighted by molar-refractivity contribution is 7.08. The fraction of sp³-hybridized carbons (Fsp3) is 0.636. The molecule has 0 aliphatic rings. The average Bonchev–Trinajstić information content (AvgIpc) is 2.52. The van der Waals surface area contributed by atoms with Crippen LogP contribution >= 0.6 is 11.3 Å². The van der Waals surface area contributed by atoms with E-state index in [0.29, 0.717) is 0 Å². The first-order valence-corrected chi connectivity index (χ1v) is 5.83. The van der Waals surface area contributed by atoms with Crippen LogP contribution in [0, 0.1) is 12.3 Å². The molecule has 3 heteroatoms. The van der Waals surface area contributed by atoms with E-state index in [2.05, 4.69) is 36.8 Å². The van der Waals surface area contributed by atoms with Crippen molar-refractivity contribution in [1.29, 1.82) is 0 Å². The monoisotopic (exact) mass is 213 g/mol. The van der Waals surface area contributed by atoms with E-state index < -0.39 is 0 Å². The Bertz CT molecular complexity index is 281. The number of hydrogen-bond acceptors (Lipinski definition) is 3. The van der Waals surface area contributed by atoms with Gasteiger partial charge in [0.05, 0.1) is 0 Å². The van der Waals surface area contributed by atoms with Crippen LogP contribution in [0.4, 0.5) is 0 Å². The molecule has 1 aromatic heterocycles. The van der Waals surface area contributed by atoms with E-state index in [0.717, 1.165) is 13.1 Å². The molecule has 14 heavy (non-hydrogen) atoms. The highest BCUT2D eigenvalue weighted by Crippen LogP contribution is 2.15. The van der Waals surface area contributed by atoms with Crippen LogP contribution in [-0.2, 0) is 6.54 Å². The van der Waals surface area contributed by atoms with Crippen LogP contribution in [-0.4, -0.2) is 18.3 Å². The molecule has 0 spiro atoms. The molecule has 1 aromatic rings. The zero-order valence-corrected chi connectivity index (χ0v) is 9.95. The molecule has 0 aliphatic heterocycles. The number of aliphatic hydroxyl groups is 1. The van der Waals surface area contributed by atoms with Crippen LogP contribution in [0.15, 0.2) is 10.8 Å². The van der Waals surface area contributed by atoms with Crippen LogP contribution < -0.4 is 5.32 Å². The first-order chi connectivity index (χ1) is 6.55. The van der Waals surface area contributed by atoms with Crippen molar-refractivity contribution < 1.29 is 5.11 Å². The highest BCUT2D eigenvalue weighted by Gasteiger charge is 2.15. The molecule has 0 saturated heterocycles. The molecule has 0 atom stereocenters. The lowest BCUT2D eigenvalue weighted by Gasteiger charge is -2.21. The lowest BCUT2D eigenvalue weighted by molar-refractivity contribution is 0.156. The lowest BCUT2D eigenvalue weighted by Crippen LogP contribution is -2.31. The summed E-state index contributed by atoms with van der Waals surface area (Å²) >= 11 is 1.74. The Kier molecular flexibility index (Phi) is 4.11. The molecule has 0 saturated carbocycles. The van der Waals surface area contributed by atoms with Gasteiger partial charge in [0.2, 0.25) is 0 Å². The van der Waals surface area contributed by atoms with E-state index in [1.54, 1.807) is 11.3 Å². The van der Waals surface area contributed by atoms with Crippen molar-refractivity contribution in [3.8, 4) is 0 Å². The summed E-state index contributed by atoms with van der Waals surface area (Å²) in [5, 5.41) is 16.8. The second-order valence-corrected chi connectivity index (χ2v) is 5.25. The van der Waals surface area contributed by atoms with Gasteiger partial charge in [-0.05, 0) is 28.8 Å². The molecular weight excluding hydrogens is 194 g/mol. The second-order valence-electron chi connectivity index (χ2n) is 4.51. The zero-order chi connectivity index (χ0) is 10.6. The van der Waals surface area contributed by atoms with Gasteiger partial charge in [0.15, 0.2) is 0 Å². The average molecular weight is 213 g/mol. The van der Waals surface area contributed by atoms with Crippen LogP contribution in [0.3, 0.4) is 0 Å². The van der Waals surface area contributed by atoms with Crippen molar-refractivity contribution in [3.05, 3.63) is 21.9 Å². The number of aliphatic hydroxyl groups excluding tert-OH is 1. The Labute approximate surface area is 90.0 Å². The summed E-state index contributed by atoms with van der Waals surface area (Å²) in [6.07, 6.45) is 0. The SMILES string of the molecule is Cc1cscc1CNCC(C)(C)CO. The predicted molar refractivity (Wildman–Crippen MR) is 61.6 cm³/mol. The Balaban J connectivity index is 2.32. The van der Waals surface area contributed by atoms with Crippen LogP contribution in [0.2, 0.25) is 0 Å². The molecule has 0 radical (unpaired) electrons. The van der Waals surface area contributed by atoms with Gasteiger partial charge < -0.3 is 10.4 Å². The number of aryl methyl sites for hydroxylation is 1. The zero-order valence-electron chi connectivity index (χ0n) is 9.13. The van der Waals surface area contributed by atoms with Crippen LogP contribution in [0.1, 0.15) is 25.0 Å². The third-order valence-electron chi connectivity index (χ3n) is 2.31. The summed E-state index contributed by atoms with van der Waals surface area (Å²) in [5.74, 6) is 0. The molecule has 2 nitrogen and oxygen atoms in total. The fourth-order valence-electron chi connectivity index (χ4n) is 1.16.